The van der Waals surface area contributed by atoms with Gasteiger partial charge in [-0.2, -0.15) is 4.98 Å². The number of anilines is 4. The van der Waals surface area contributed by atoms with E-state index in [2.05, 4.69) is 37.2 Å². The smallest absolute Gasteiger partial charge is 0.260 e. The van der Waals surface area contributed by atoms with Gasteiger partial charge in [0.15, 0.2) is 0 Å². The zero-order chi connectivity index (χ0) is 22.5. The summed E-state index contributed by atoms with van der Waals surface area (Å²) in [6, 6.07) is 15.1. The van der Waals surface area contributed by atoms with E-state index in [9.17, 15) is 4.79 Å². The lowest BCUT2D eigenvalue weighted by molar-refractivity contribution is 0.102. The van der Waals surface area contributed by atoms with Gasteiger partial charge in [-0.05, 0) is 48.5 Å². The first-order chi connectivity index (χ1) is 15.6. The summed E-state index contributed by atoms with van der Waals surface area (Å²) in [7, 11) is 3.25. The van der Waals surface area contributed by atoms with Crippen LogP contribution in [0.3, 0.4) is 0 Å². The number of carbonyl (C=O) groups is 1. The Labute approximate surface area is 186 Å². The second-order valence-electron chi connectivity index (χ2n) is 7.32. The van der Waals surface area contributed by atoms with E-state index in [0.29, 0.717) is 17.4 Å². The summed E-state index contributed by atoms with van der Waals surface area (Å²) < 4.78 is 10.3. The minimum Gasteiger partial charge on any atom is -0.497 e. The lowest BCUT2D eigenvalue weighted by Crippen LogP contribution is -2.47. The number of piperazine rings is 1. The predicted molar refractivity (Wildman–Crippen MR) is 125 cm³/mol. The highest BCUT2D eigenvalue weighted by Crippen LogP contribution is 2.23. The highest BCUT2D eigenvalue weighted by molar-refractivity contribution is 6.07. The summed E-state index contributed by atoms with van der Waals surface area (Å²) in [5.74, 6) is 1.87. The summed E-state index contributed by atoms with van der Waals surface area (Å²) in [6.45, 7) is 3.16. The Bertz CT molecular complexity index is 1060. The molecule has 0 saturated carbocycles. The molecule has 3 aromatic rings. The van der Waals surface area contributed by atoms with Gasteiger partial charge in [0.2, 0.25) is 5.95 Å². The molecule has 0 aliphatic carbocycles. The van der Waals surface area contributed by atoms with Crippen molar-refractivity contribution >= 4 is 29.0 Å². The lowest BCUT2D eigenvalue weighted by Gasteiger charge is -2.36. The highest BCUT2D eigenvalue weighted by atomic mass is 16.5. The summed E-state index contributed by atoms with van der Waals surface area (Å²) in [5, 5.41) is 2.80. The molecule has 1 aliphatic rings. The molecule has 32 heavy (non-hydrogen) atoms. The number of nitrogens with zero attached hydrogens (tertiary/aromatic N) is 4. The fourth-order valence-corrected chi connectivity index (χ4v) is 3.54. The molecular formula is C23H26N6O3. The van der Waals surface area contributed by atoms with Crippen molar-refractivity contribution < 1.29 is 14.3 Å². The SMILES string of the molecule is COc1ccc(NC(=O)c2cnc(N3CCN(c4ccc(OC)cc4)CC3)nc2N)cc1. The number of nitrogens with two attached hydrogens (primary N) is 1. The van der Waals surface area contributed by atoms with Gasteiger partial charge in [0.1, 0.15) is 22.9 Å². The molecule has 2 aromatic carbocycles. The van der Waals surface area contributed by atoms with E-state index in [0.717, 1.165) is 37.6 Å². The number of aromatic nitrogens is 2. The average molecular weight is 435 g/mol. The Morgan fingerprint density at radius 2 is 1.47 bits per heavy atom. The van der Waals surface area contributed by atoms with Crippen LogP contribution in [0.5, 0.6) is 11.5 Å². The largest absolute Gasteiger partial charge is 0.497 e. The van der Waals surface area contributed by atoms with Crippen LogP contribution in [0, 0.1) is 0 Å². The van der Waals surface area contributed by atoms with Crippen molar-refractivity contribution in [2.24, 2.45) is 0 Å². The summed E-state index contributed by atoms with van der Waals surface area (Å²) >= 11 is 0. The lowest BCUT2D eigenvalue weighted by atomic mass is 10.2. The van der Waals surface area contributed by atoms with Crippen LogP contribution in [0.4, 0.5) is 23.1 Å². The predicted octanol–water partition coefficient (Wildman–Crippen LogP) is 2.65. The maximum atomic E-state index is 12.6. The molecule has 0 spiro atoms. The molecule has 0 unspecified atom stereocenters. The number of hydrogen-bond donors (Lipinski definition) is 2. The van der Waals surface area contributed by atoms with Gasteiger partial charge in [0, 0.05) is 43.8 Å². The van der Waals surface area contributed by atoms with Gasteiger partial charge < -0.3 is 30.3 Å². The van der Waals surface area contributed by atoms with Crippen molar-refractivity contribution in [2.45, 2.75) is 0 Å². The van der Waals surface area contributed by atoms with Crippen LogP contribution in [-0.2, 0) is 0 Å². The van der Waals surface area contributed by atoms with Crippen molar-refractivity contribution in [3.63, 3.8) is 0 Å². The van der Waals surface area contributed by atoms with Gasteiger partial charge in [-0.3, -0.25) is 4.79 Å². The maximum Gasteiger partial charge on any atom is 0.260 e. The van der Waals surface area contributed by atoms with Crippen LogP contribution in [-0.4, -0.2) is 56.3 Å². The van der Waals surface area contributed by atoms with E-state index in [-0.39, 0.29) is 17.3 Å². The first-order valence-electron chi connectivity index (χ1n) is 10.3. The van der Waals surface area contributed by atoms with E-state index in [4.69, 9.17) is 15.2 Å². The number of nitrogens with one attached hydrogen (secondary N) is 1. The zero-order valence-electron chi connectivity index (χ0n) is 18.1. The van der Waals surface area contributed by atoms with Crippen molar-refractivity contribution in [1.82, 2.24) is 9.97 Å². The number of amides is 1. The molecule has 2 heterocycles. The molecule has 0 radical (unpaired) electrons. The highest BCUT2D eigenvalue weighted by Gasteiger charge is 2.21. The Kier molecular flexibility index (Phi) is 6.25. The van der Waals surface area contributed by atoms with Crippen LogP contribution < -0.4 is 30.3 Å². The van der Waals surface area contributed by atoms with Crippen molar-refractivity contribution in [3.8, 4) is 11.5 Å². The Morgan fingerprint density at radius 3 is 2.03 bits per heavy atom. The number of carbonyl (C=O) groups excluding carboxylic acids is 1. The van der Waals surface area contributed by atoms with Gasteiger partial charge in [-0.25, -0.2) is 4.98 Å². The summed E-state index contributed by atoms with van der Waals surface area (Å²) in [4.78, 5) is 25.7. The summed E-state index contributed by atoms with van der Waals surface area (Å²) in [6.07, 6.45) is 1.48. The number of rotatable bonds is 6. The molecule has 1 amide bonds. The quantitative estimate of drug-likeness (QED) is 0.610. The van der Waals surface area contributed by atoms with E-state index in [1.807, 2.05) is 12.1 Å². The molecule has 9 heteroatoms. The van der Waals surface area contributed by atoms with Gasteiger partial charge in [-0.15, -0.1) is 0 Å². The number of nitrogen functional groups attached to an aromatic ring is 1. The molecular weight excluding hydrogens is 408 g/mol. The van der Waals surface area contributed by atoms with E-state index < -0.39 is 0 Å². The van der Waals surface area contributed by atoms with E-state index in [1.54, 1.807) is 38.5 Å². The Hall–Kier alpha value is -4.01. The Balaban J connectivity index is 1.38. The minimum absolute atomic E-state index is 0.151. The molecule has 9 nitrogen and oxygen atoms in total. The molecule has 1 aliphatic heterocycles. The second kappa shape index (κ2) is 9.42. The van der Waals surface area contributed by atoms with Crippen molar-refractivity contribution in [1.29, 1.82) is 0 Å². The van der Waals surface area contributed by atoms with Crippen LogP contribution in [0.1, 0.15) is 10.4 Å². The van der Waals surface area contributed by atoms with Gasteiger partial charge in [-0.1, -0.05) is 0 Å². The number of benzene rings is 2. The zero-order valence-corrected chi connectivity index (χ0v) is 18.1. The summed E-state index contributed by atoms with van der Waals surface area (Å²) in [5.41, 5.74) is 8.11. The third-order valence-electron chi connectivity index (χ3n) is 5.40. The molecule has 1 fully saturated rings. The molecule has 1 saturated heterocycles. The second-order valence-corrected chi connectivity index (χ2v) is 7.32. The molecule has 4 rings (SSSR count). The van der Waals surface area contributed by atoms with Crippen LogP contribution in [0.25, 0.3) is 0 Å². The number of methoxy groups -OCH3 is 2. The Morgan fingerprint density at radius 1 is 0.906 bits per heavy atom. The standard InChI is InChI=1S/C23H26N6O3/c1-31-18-7-3-16(4-8-18)26-22(30)20-15-25-23(27-21(20)24)29-13-11-28(12-14-29)17-5-9-19(32-2)10-6-17/h3-10,15H,11-14H2,1-2H3,(H,26,30)(H2,24,25,27). The van der Waals surface area contributed by atoms with Crippen LogP contribution >= 0.6 is 0 Å². The van der Waals surface area contributed by atoms with E-state index >= 15 is 0 Å². The third-order valence-corrected chi connectivity index (χ3v) is 5.40. The first kappa shape index (κ1) is 21.2. The molecule has 1 aromatic heterocycles. The fourth-order valence-electron chi connectivity index (χ4n) is 3.54. The van der Waals surface area contributed by atoms with E-state index in [1.165, 1.54) is 6.20 Å². The van der Waals surface area contributed by atoms with Gasteiger partial charge in [0.05, 0.1) is 14.2 Å². The molecule has 0 atom stereocenters. The molecule has 166 valence electrons. The van der Waals surface area contributed by atoms with Gasteiger partial charge in [0.25, 0.3) is 5.91 Å². The minimum atomic E-state index is -0.358. The monoisotopic (exact) mass is 434 g/mol. The molecule has 0 bridgehead atoms. The van der Waals surface area contributed by atoms with Gasteiger partial charge >= 0.3 is 0 Å². The van der Waals surface area contributed by atoms with Crippen LogP contribution in [0.15, 0.2) is 54.7 Å². The average Bonchev–Trinajstić information content (AvgIpc) is 2.84. The number of ether oxygens (including phenoxy) is 2. The first-order valence-corrected chi connectivity index (χ1v) is 10.3. The van der Waals surface area contributed by atoms with Crippen molar-refractivity contribution in [2.75, 3.05) is 61.2 Å². The fraction of sp³-hybridized carbons (Fsp3) is 0.261. The normalized spacial score (nSPS) is 13.6. The van der Waals surface area contributed by atoms with Crippen LogP contribution in [0.2, 0.25) is 0 Å². The number of hydrogen-bond acceptors (Lipinski definition) is 8. The third kappa shape index (κ3) is 4.66. The van der Waals surface area contributed by atoms with Crippen molar-refractivity contribution in [3.05, 3.63) is 60.3 Å². The molecule has 3 N–H and O–H groups in total. The topological polar surface area (TPSA) is 106 Å². The maximum absolute atomic E-state index is 12.6.